The summed E-state index contributed by atoms with van der Waals surface area (Å²) in [7, 11) is 0. The monoisotopic (exact) mass is 199 g/mol. The maximum absolute atomic E-state index is 10.9. The van der Waals surface area contributed by atoms with E-state index < -0.39 is 6.10 Å². The Kier molecular flexibility index (Phi) is 3.92. The Labute approximate surface area is 81.4 Å². The first-order valence-electron chi connectivity index (χ1n) is 4.22. The van der Waals surface area contributed by atoms with E-state index in [4.69, 9.17) is 0 Å². The Morgan fingerprint density at radius 3 is 3.08 bits per heavy atom. The molecule has 13 heavy (non-hydrogen) atoms. The van der Waals surface area contributed by atoms with Gasteiger partial charge in [-0.25, -0.2) is 0 Å². The topological polar surface area (TPSA) is 49.3 Å². The standard InChI is InChI=1S/C9H13NO2S/c1-2-9(12)10-6-7(11)8-4-3-5-13-8/h3-5,7,11H,2,6H2,1H3,(H,10,12). The lowest BCUT2D eigenvalue weighted by molar-refractivity contribution is -0.121. The van der Waals surface area contributed by atoms with Crippen molar-refractivity contribution in [3.05, 3.63) is 22.4 Å². The molecule has 0 saturated heterocycles. The highest BCUT2D eigenvalue weighted by Crippen LogP contribution is 2.17. The van der Waals surface area contributed by atoms with Crippen LogP contribution in [0.3, 0.4) is 0 Å². The summed E-state index contributed by atoms with van der Waals surface area (Å²) in [5.74, 6) is -0.0318. The average molecular weight is 199 g/mol. The number of hydrogen-bond acceptors (Lipinski definition) is 3. The van der Waals surface area contributed by atoms with Crippen molar-refractivity contribution in [3.63, 3.8) is 0 Å². The van der Waals surface area contributed by atoms with Gasteiger partial charge in [0.1, 0.15) is 6.10 Å². The van der Waals surface area contributed by atoms with Gasteiger partial charge in [0.15, 0.2) is 0 Å². The first-order valence-corrected chi connectivity index (χ1v) is 5.10. The van der Waals surface area contributed by atoms with Gasteiger partial charge in [-0.3, -0.25) is 4.79 Å². The lowest BCUT2D eigenvalue weighted by Gasteiger charge is -2.08. The molecule has 1 atom stereocenters. The van der Waals surface area contributed by atoms with Gasteiger partial charge >= 0.3 is 0 Å². The first-order chi connectivity index (χ1) is 6.24. The normalized spacial score (nSPS) is 12.5. The van der Waals surface area contributed by atoms with Crippen molar-refractivity contribution in [3.8, 4) is 0 Å². The van der Waals surface area contributed by atoms with Crippen molar-refractivity contribution in [2.24, 2.45) is 0 Å². The minimum absolute atomic E-state index is 0.0318. The van der Waals surface area contributed by atoms with E-state index in [2.05, 4.69) is 5.32 Å². The highest BCUT2D eigenvalue weighted by Gasteiger charge is 2.08. The smallest absolute Gasteiger partial charge is 0.219 e. The van der Waals surface area contributed by atoms with Gasteiger partial charge in [0, 0.05) is 17.8 Å². The Hall–Kier alpha value is -0.870. The molecule has 0 bridgehead atoms. The number of rotatable bonds is 4. The number of carbonyl (C=O) groups excluding carboxylic acids is 1. The molecule has 1 unspecified atom stereocenters. The van der Waals surface area contributed by atoms with Crippen molar-refractivity contribution >= 4 is 17.2 Å². The summed E-state index contributed by atoms with van der Waals surface area (Å²) in [5, 5.41) is 14.1. The molecule has 72 valence electrons. The molecular weight excluding hydrogens is 186 g/mol. The summed E-state index contributed by atoms with van der Waals surface area (Å²) in [6.07, 6.45) is -0.118. The molecule has 0 aliphatic carbocycles. The maximum Gasteiger partial charge on any atom is 0.219 e. The van der Waals surface area contributed by atoms with Crippen LogP contribution in [0.25, 0.3) is 0 Å². The number of amides is 1. The van der Waals surface area contributed by atoms with Crippen LogP contribution in [0.5, 0.6) is 0 Å². The fraction of sp³-hybridized carbons (Fsp3) is 0.444. The highest BCUT2D eigenvalue weighted by molar-refractivity contribution is 7.10. The van der Waals surface area contributed by atoms with Crippen LogP contribution in [0.15, 0.2) is 17.5 Å². The van der Waals surface area contributed by atoms with Crippen molar-refractivity contribution in [2.45, 2.75) is 19.4 Å². The second kappa shape index (κ2) is 4.99. The summed E-state index contributed by atoms with van der Waals surface area (Å²) < 4.78 is 0. The van der Waals surface area contributed by atoms with Gasteiger partial charge in [0.2, 0.25) is 5.91 Å². The largest absolute Gasteiger partial charge is 0.386 e. The number of aliphatic hydroxyl groups excluding tert-OH is 1. The van der Waals surface area contributed by atoms with Gasteiger partial charge in [-0.1, -0.05) is 13.0 Å². The summed E-state index contributed by atoms with van der Waals surface area (Å²) >= 11 is 1.49. The highest BCUT2D eigenvalue weighted by atomic mass is 32.1. The van der Waals surface area contributed by atoms with Gasteiger partial charge < -0.3 is 10.4 Å². The van der Waals surface area contributed by atoms with E-state index in [9.17, 15) is 9.90 Å². The molecule has 1 heterocycles. The zero-order valence-corrected chi connectivity index (χ0v) is 8.30. The minimum atomic E-state index is -0.574. The predicted octanol–water partition coefficient (Wildman–Crippen LogP) is 1.31. The molecule has 0 aliphatic rings. The van der Waals surface area contributed by atoms with Gasteiger partial charge in [0.05, 0.1) is 0 Å². The number of hydrogen-bond donors (Lipinski definition) is 2. The van der Waals surface area contributed by atoms with E-state index in [0.29, 0.717) is 13.0 Å². The van der Waals surface area contributed by atoms with E-state index in [-0.39, 0.29) is 5.91 Å². The maximum atomic E-state index is 10.9. The molecule has 1 rings (SSSR count). The van der Waals surface area contributed by atoms with Crippen LogP contribution in [0.1, 0.15) is 24.3 Å². The first kappa shape index (κ1) is 10.2. The van der Waals surface area contributed by atoms with Gasteiger partial charge in [0.25, 0.3) is 0 Å². The van der Waals surface area contributed by atoms with Crippen LogP contribution in [-0.4, -0.2) is 17.6 Å². The molecule has 0 aliphatic heterocycles. The molecular formula is C9H13NO2S. The SMILES string of the molecule is CCC(=O)NCC(O)c1cccs1. The lowest BCUT2D eigenvalue weighted by Crippen LogP contribution is -2.27. The van der Waals surface area contributed by atoms with E-state index in [0.717, 1.165) is 4.88 Å². The van der Waals surface area contributed by atoms with Crippen molar-refractivity contribution in [1.29, 1.82) is 0 Å². The number of thiophene rings is 1. The lowest BCUT2D eigenvalue weighted by atomic mass is 10.3. The Morgan fingerprint density at radius 2 is 2.54 bits per heavy atom. The third-order valence-corrected chi connectivity index (χ3v) is 2.66. The zero-order valence-electron chi connectivity index (χ0n) is 7.49. The van der Waals surface area contributed by atoms with Crippen molar-refractivity contribution in [1.82, 2.24) is 5.32 Å². The third kappa shape index (κ3) is 3.16. The van der Waals surface area contributed by atoms with Crippen LogP contribution in [0.4, 0.5) is 0 Å². The van der Waals surface area contributed by atoms with E-state index in [1.165, 1.54) is 11.3 Å². The summed E-state index contributed by atoms with van der Waals surface area (Å²) in [6, 6.07) is 3.73. The van der Waals surface area contributed by atoms with Crippen LogP contribution >= 0.6 is 11.3 Å². The Morgan fingerprint density at radius 1 is 1.77 bits per heavy atom. The average Bonchev–Trinajstić information content (AvgIpc) is 2.66. The molecule has 2 N–H and O–H groups in total. The Bertz CT molecular complexity index is 259. The molecule has 1 aromatic heterocycles. The van der Waals surface area contributed by atoms with Gasteiger partial charge in [-0.05, 0) is 11.4 Å². The second-order valence-electron chi connectivity index (χ2n) is 2.69. The predicted molar refractivity (Wildman–Crippen MR) is 52.6 cm³/mol. The molecule has 0 aromatic carbocycles. The van der Waals surface area contributed by atoms with Crippen LogP contribution < -0.4 is 5.32 Å². The second-order valence-corrected chi connectivity index (χ2v) is 3.67. The molecule has 1 aromatic rings. The van der Waals surface area contributed by atoms with Gasteiger partial charge in [-0.2, -0.15) is 0 Å². The quantitative estimate of drug-likeness (QED) is 0.768. The molecule has 4 heteroatoms. The molecule has 0 spiro atoms. The molecule has 0 fully saturated rings. The summed E-state index contributed by atoms with van der Waals surface area (Å²) in [5.41, 5.74) is 0. The fourth-order valence-electron chi connectivity index (χ4n) is 0.917. The van der Waals surface area contributed by atoms with Crippen LogP contribution in [0, 0.1) is 0 Å². The summed E-state index contributed by atoms with van der Waals surface area (Å²) in [6.45, 7) is 2.08. The van der Waals surface area contributed by atoms with Crippen LogP contribution in [0.2, 0.25) is 0 Å². The minimum Gasteiger partial charge on any atom is -0.386 e. The third-order valence-electron chi connectivity index (χ3n) is 1.69. The van der Waals surface area contributed by atoms with E-state index in [1.807, 2.05) is 17.5 Å². The van der Waals surface area contributed by atoms with Crippen molar-refractivity contribution in [2.75, 3.05) is 6.54 Å². The van der Waals surface area contributed by atoms with Crippen molar-refractivity contribution < 1.29 is 9.90 Å². The number of aliphatic hydroxyl groups is 1. The van der Waals surface area contributed by atoms with Crippen LogP contribution in [-0.2, 0) is 4.79 Å². The van der Waals surface area contributed by atoms with E-state index in [1.54, 1.807) is 6.92 Å². The molecule has 1 amide bonds. The Balaban J connectivity index is 2.34. The molecule has 0 saturated carbocycles. The summed E-state index contributed by atoms with van der Waals surface area (Å²) in [4.78, 5) is 11.8. The zero-order chi connectivity index (χ0) is 9.68. The fourth-order valence-corrected chi connectivity index (χ4v) is 1.63. The van der Waals surface area contributed by atoms with E-state index >= 15 is 0 Å². The molecule has 3 nitrogen and oxygen atoms in total. The number of nitrogens with one attached hydrogen (secondary N) is 1. The molecule has 0 radical (unpaired) electrons. The number of carbonyl (C=O) groups is 1. The van der Waals surface area contributed by atoms with Gasteiger partial charge in [-0.15, -0.1) is 11.3 Å².